The molecule has 0 amide bonds. The molecule has 0 saturated carbocycles. The minimum absolute atomic E-state index is 0.444. The first-order chi connectivity index (χ1) is 9.15. The highest BCUT2D eigenvalue weighted by atomic mass is 79.9. The summed E-state index contributed by atoms with van der Waals surface area (Å²) in [5.41, 5.74) is 0.835. The zero-order valence-electron chi connectivity index (χ0n) is 11.7. The fourth-order valence-electron chi connectivity index (χ4n) is 2.22. The number of hydrogen-bond donors (Lipinski definition) is 1. The van der Waals surface area contributed by atoms with Crippen molar-refractivity contribution in [1.29, 1.82) is 0 Å². The van der Waals surface area contributed by atoms with E-state index in [1.165, 1.54) is 38.5 Å². The van der Waals surface area contributed by atoms with Crippen molar-refractivity contribution in [3.05, 3.63) is 33.3 Å². The van der Waals surface area contributed by atoms with E-state index in [0.29, 0.717) is 5.02 Å². The Bertz CT molecular complexity index is 368. The van der Waals surface area contributed by atoms with Crippen LogP contribution in [0.2, 0.25) is 5.02 Å². The molecule has 0 spiro atoms. The van der Waals surface area contributed by atoms with Crippen LogP contribution >= 0.6 is 27.5 Å². The third kappa shape index (κ3) is 6.78. The van der Waals surface area contributed by atoms with Gasteiger partial charge in [0.25, 0.3) is 0 Å². The van der Waals surface area contributed by atoms with Crippen molar-refractivity contribution in [2.24, 2.45) is 0 Å². The van der Waals surface area contributed by atoms with E-state index in [1.54, 1.807) is 0 Å². The van der Waals surface area contributed by atoms with E-state index < -0.39 is 6.10 Å². The Morgan fingerprint density at radius 3 is 2.42 bits per heavy atom. The molecule has 19 heavy (non-hydrogen) atoms. The predicted molar refractivity (Wildman–Crippen MR) is 86.7 cm³/mol. The molecule has 1 unspecified atom stereocenters. The van der Waals surface area contributed by atoms with E-state index in [0.717, 1.165) is 22.9 Å². The second kappa shape index (κ2) is 9.79. The van der Waals surface area contributed by atoms with E-state index in [9.17, 15) is 5.11 Å². The summed E-state index contributed by atoms with van der Waals surface area (Å²) in [6.07, 6.45) is 9.19. The van der Waals surface area contributed by atoms with Gasteiger partial charge in [0.1, 0.15) is 0 Å². The lowest BCUT2D eigenvalue weighted by molar-refractivity contribution is 0.163. The number of unbranched alkanes of at least 4 members (excludes halogenated alkanes) is 6. The average Bonchev–Trinajstić information content (AvgIpc) is 2.40. The van der Waals surface area contributed by atoms with Gasteiger partial charge < -0.3 is 5.11 Å². The van der Waals surface area contributed by atoms with Gasteiger partial charge in [-0.15, -0.1) is 0 Å². The lowest BCUT2D eigenvalue weighted by Crippen LogP contribution is -1.98. The van der Waals surface area contributed by atoms with Crippen LogP contribution in [-0.4, -0.2) is 5.11 Å². The van der Waals surface area contributed by atoms with E-state index >= 15 is 0 Å². The highest BCUT2D eigenvalue weighted by molar-refractivity contribution is 9.10. The number of hydrogen-bond acceptors (Lipinski definition) is 1. The van der Waals surface area contributed by atoms with Gasteiger partial charge in [-0.25, -0.2) is 0 Å². The van der Waals surface area contributed by atoms with Crippen LogP contribution in [-0.2, 0) is 0 Å². The Morgan fingerprint density at radius 2 is 1.74 bits per heavy atom. The van der Waals surface area contributed by atoms with Gasteiger partial charge in [0, 0.05) is 15.1 Å². The van der Waals surface area contributed by atoms with Gasteiger partial charge in [-0.1, -0.05) is 79.4 Å². The van der Waals surface area contributed by atoms with Gasteiger partial charge in [-0.3, -0.25) is 0 Å². The van der Waals surface area contributed by atoms with Crippen LogP contribution < -0.4 is 0 Å². The third-order valence-electron chi connectivity index (χ3n) is 3.40. The van der Waals surface area contributed by atoms with Crippen LogP contribution in [0.1, 0.15) is 70.0 Å². The molecule has 0 bridgehead atoms. The fraction of sp³-hybridized carbons (Fsp3) is 0.625. The number of aliphatic hydroxyl groups is 1. The SMILES string of the molecule is CCCCCCCCCC(O)c1cc(Br)ccc1Cl. The molecular weight excluding hydrogens is 324 g/mol. The first kappa shape index (κ1) is 17.0. The quantitative estimate of drug-likeness (QED) is 0.521. The Labute approximate surface area is 130 Å². The van der Waals surface area contributed by atoms with Crippen molar-refractivity contribution in [3.63, 3.8) is 0 Å². The van der Waals surface area contributed by atoms with E-state index in [2.05, 4.69) is 22.9 Å². The average molecular weight is 348 g/mol. The lowest BCUT2D eigenvalue weighted by atomic mass is 10.0. The maximum Gasteiger partial charge on any atom is 0.0804 e. The van der Waals surface area contributed by atoms with Gasteiger partial charge in [0.2, 0.25) is 0 Å². The smallest absolute Gasteiger partial charge is 0.0804 e. The van der Waals surface area contributed by atoms with E-state index in [1.807, 2.05) is 18.2 Å². The molecular formula is C16H24BrClO. The van der Waals surface area contributed by atoms with Gasteiger partial charge in [-0.2, -0.15) is 0 Å². The molecule has 0 saturated heterocycles. The second-order valence-electron chi connectivity index (χ2n) is 5.09. The predicted octanol–water partition coefficient (Wildman–Crippen LogP) is 6.28. The summed E-state index contributed by atoms with van der Waals surface area (Å²) in [6.45, 7) is 2.23. The monoisotopic (exact) mass is 346 g/mol. The van der Waals surface area contributed by atoms with Crippen LogP contribution in [0, 0.1) is 0 Å². The van der Waals surface area contributed by atoms with Crippen molar-refractivity contribution in [3.8, 4) is 0 Å². The Balaban J connectivity index is 2.23. The van der Waals surface area contributed by atoms with E-state index in [-0.39, 0.29) is 0 Å². The molecule has 0 radical (unpaired) electrons. The lowest BCUT2D eigenvalue weighted by Gasteiger charge is -2.13. The van der Waals surface area contributed by atoms with E-state index in [4.69, 9.17) is 11.6 Å². The molecule has 0 fully saturated rings. The second-order valence-corrected chi connectivity index (χ2v) is 6.41. The highest BCUT2D eigenvalue weighted by Crippen LogP contribution is 2.29. The molecule has 0 aliphatic carbocycles. The minimum Gasteiger partial charge on any atom is -0.388 e. The van der Waals surface area contributed by atoms with Crippen molar-refractivity contribution in [2.75, 3.05) is 0 Å². The van der Waals surface area contributed by atoms with Gasteiger partial charge >= 0.3 is 0 Å². The Morgan fingerprint density at radius 1 is 1.11 bits per heavy atom. The molecule has 3 heteroatoms. The molecule has 1 N–H and O–H groups in total. The highest BCUT2D eigenvalue weighted by Gasteiger charge is 2.11. The van der Waals surface area contributed by atoms with Crippen LogP contribution in [0.3, 0.4) is 0 Å². The summed E-state index contributed by atoms with van der Waals surface area (Å²) in [7, 11) is 0. The number of aliphatic hydroxyl groups excluding tert-OH is 1. The Hall–Kier alpha value is -0.0500. The molecule has 108 valence electrons. The van der Waals surface area contributed by atoms with Crippen molar-refractivity contribution < 1.29 is 5.11 Å². The number of benzene rings is 1. The number of halogens is 2. The van der Waals surface area contributed by atoms with Gasteiger partial charge in [-0.05, 0) is 24.6 Å². The molecule has 1 rings (SSSR count). The normalized spacial score (nSPS) is 12.6. The largest absolute Gasteiger partial charge is 0.388 e. The summed E-state index contributed by atoms with van der Waals surface area (Å²) in [4.78, 5) is 0. The molecule has 1 nitrogen and oxygen atoms in total. The van der Waals surface area contributed by atoms with Crippen LogP contribution in [0.25, 0.3) is 0 Å². The summed E-state index contributed by atoms with van der Waals surface area (Å²) >= 11 is 9.52. The summed E-state index contributed by atoms with van der Waals surface area (Å²) < 4.78 is 0.963. The summed E-state index contributed by atoms with van der Waals surface area (Å²) in [6, 6.07) is 5.63. The van der Waals surface area contributed by atoms with Crippen molar-refractivity contribution >= 4 is 27.5 Å². The Kier molecular flexibility index (Phi) is 8.76. The summed E-state index contributed by atoms with van der Waals surface area (Å²) in [5, 5.41) is 10.8. The maximum atomic E-state index is 10.2. The first-order valence-corrected chi connectivity index (χ1v) is 8.45. The zero-order valence-corrected chi connectivity index (χ0v) is 14.0. The van der Waals surface area contributed by atoms with Gasteiger partial charge in [0.15, 0.2) is 0 Å². The topological polar surface area (TPSA) is 20.2 Å². The molecule has 1 atom stereocenters. The minimum atomic E-state index is -0.444. The third-order valence-corrected chi connectivity index (χ3v) is 4.24. The van der Waals surface area contributed by atoms with Crippen molar-refractivity contribution in [1.82, 2.24) is 0 Å². The van der Waals surface area contributed by atoms with Crippen molar-refractivity contribution in [2.45, 2.75) is 64.4 Å². The molecule has 0 heterocycles. The van der Waals surface area contributed by atoms with Crippen LogP contribution in [0.5, 0.6) is 0 Å². The van der Waals surface area contributed by atoms with Crippen LogP contribution in [0.15, 0.2) is 22.7 Å². The van der Waals surface area contributed by atoms with Crippen LogP contribution in [0.4, 0.5) is 0 Å². The maximum absolute atomic E-state index is 10.2. The standard InChI is InChI=1S/C16H24BrClO/c1-2-3-4-5-6-7-8-9-16(19)14-12-13(17)10-11-15(14)18/h10-12,16,19H,2-9H2,1H3. The van der Waals surface area contributed by atoms with Gasteiger partial charge in [0.05, 0.1) is 6.10 Å². The fourth-order valence-corrected chi connectivity index (χ4v) is 2.84. The first-order valence-electron chi connectivity index (χ1n) is 7.28. The summed E-state index contributed by atoms with van der Waals surface area (Å²) in [5.74, 6) is 0. The zero-order chi connectivity index (χ0) is 14.1. The number of rotatable bonds is 9. The molecule has 0 aromatic heterocycles. The molecule has 0 aliphatic heterocycles. The molecule has 0 aliphatic rings. The molecule has 1 aromatic carbocycles. The molecule has 1 aromatic rings.